The fraction of sp³-hybridized carbons (Fsp3) is 0.545. The molecule has 0 atom stereocenters. The highest BCUT2D eigenvalue weighted by Crippen LogP contribution is 2.27. The van der Waals surface area contributed by atoms with Gasteiger partial charge in [-0.3, -0.25) is 4.68 Å². The molecule has 2 N–H and O–H groups in total. The van der Waals surface area contributed by atoms with Crippen molar-refractivity contribution in [3.8, 4) is 0 Å². The predicted octanol–water partition coefficient (Wildman–Crippen LogP) is 1.64. The van der Waals surface area contributed by atoms with E-state index in [1.807, 2.05) is 30.1 Å². The van der Waals surface area contributed by atoms with Crippen LogP contribution in [0.1, 0.15) is 17.2 Å². The molecule has 0 aliphatic heterocycles. The third-order valence-corrected chi connectivity index (χ3v) is 4.86. The molecule has 2 aromatic heterocycles. The molecule has 0 bridgehead atoms. The molecule has 0 saturated heterocycles. The first-order chi connectivity index (χ1) is 9.04. The van der Waals surface area contributed by atoms with Crippen LogP contribution in [0.2, 0.25) is 0 Å². The summed E-state index contributed by atoms with van der Waals surface area (Å²) in [6.07, 6.45) is 0. The summed E-state index contributed by atoms with van der Waals surface area (Å²) in [4.78, 5) is 0. The zero-order chi connectivity index (χ0) is 14.0. The number of hydrogen-bond donors (Lipinski definition) is 1. The van der Waals surface area contributed by atoms with Crippen LogP contribution in [0.15, 0.2) is 9.63 Å². The standard InChI is InChI=1S/C11H17BrN6S/c1-7-10(12)9(17(3)16-7)6-19-11-15-14-8(2)18(11)5-4-13/h4-6,13H2,1-3H3. The van der Waals surface area contributed by atoms with Crippen molar-refractivity contribution >= 4 is 27.7 Å². The summed E-state index contributed by atoms with van der Waals surface area (Å²) in [6.45, 7) is 5.25. The van der Waals surface area contributed by atoms with Gasteiger partial charge in [-0.1, -0.05) is 11.8 Å². The van der Waals surface area contributed by atoms with Gasteiger partial charge in [-0.25, -0.2) is 0 Å². The van der Waals surface area contributed by atoms with Gasteiger partial charge in [0.2, 0.25) is 0 Å². The van der Waals surface area contributed by atoms with Gasteiger partial charge in [-0.15, -0.1) is 10.2 Å². The van der Waals surface area contributed by atoms with Gasteiger partial charge in [0.1, 0.15) is 5.82 Å². The minimum atomic E-state index is 0.584. The summed E-state index contributed by atoms with van der Waals surface area (Å²) in [5.41, 5.74) is 7.75. The Hall–Kier alpha value is -0.860. The Morgan fingerprint density at radius 1 is 1.32 bits per heavy atom. The van der Waals surface area contributed by atoms with Crippen LogP contribution < -0.4 is 5.73 Å². The van der Waals surface area contributed by atoms with Crippen molar-refractivity contribution in [2.75, 3.05) is 6.54 Å². The summed E-state index contributed by atoms with van der Waals surface area (Å²) in [6, 6.07) is 0. The molecule has 19 heavy (non-hydrogen) atoms. The zero-order valence-corrected chi connectivity index (χ0v) is 13.6. The van der Waals surface area contributed by atoms with Crippen LogP contribution in [0.5, 0.6) is 0 Å². The first-order valence-corrected chi connectivity index (χ1v) is 7.73. The molecule has 104 valence electrons. The SMILES string of the molecule is Cc1nn(C)c(CSc2nnc(C)n2CCN)c1Br. The number of aryl methyl sites for hydroxylation is 3. The Morgan fingerprint density at radius 2 is 2.05 bits per heavy atom. The Bertz CT molecular complexity index is 576. The average Bonchev–Trinajstić information content (AvgIpc) is 2.82. The highest BCUT2D eigenvalue weighted by atomic mass is 79.9. The fourth-order valence-corrected chi connectivity index (χ4v) is 3.56. The van der Waals surface area contributed by atoms with Gasteiger partial charge in [0, 0.05) is 25.9 Å². The molecule has 2 aromatic rings. The fourth-order valence-electron chi connectivity index (χ4n) is 1.82. The predicted molar refractivity (Wildman–Crippen MR) is 79.0 cm³/mol. The maximum absolute atomic E-state index is 5.61. The molecule has 0 aliphatic carbocycles. The smallest absolute Gasteiger partial charge is 0.191 e. The number of rotatable bonds is 5. The Labute approximate surface area is 124 Å². The first-order valence-electron chi connectivity index (χ1n) is 5.95. The molecule has 8 heteroatoms. The summed E-state index contributed by atoms with van der Waals surface area (Å²) in [5, 5.41) is 13.6. The molecule has 0 aliphatic rings. The van der Waals surface area contributed by atoms with Gasteiger partial charge in [-0.05, 0) is 29.8 Å². The number of nitrogens with two attached hydrogens (primary N) is 1. The van der Waals surface area contributed by atoms with E-state index in [2.05, 4.69) is 31.2 Å². The van der Waals surface area contributed by atoms with E-state index < -0.39 is 0 Å². The maximum atomic E-state index is 5.61. The number of thioether (sulfide) groups is 1. The second-order valence-corrected chi connectivity index (χ2v) is 5.96. The van der Waals surface area contributed by atoms with Crippen molar-refractivity contribution in [3.63, 3.8) is 0 Å². The molecular formula is C11H17BrN6S. The minimum absolute atomic E-state index is 0.584. The highest BCUT2D eigenvalue weighted by Gasteiger charge is 2.14. The third-order valence-electron chi connectivity index (χ3n) is 2.85. The van der Waals surface area contributed by atoms with Crippen LogP contribution in [0, 0.1) is 13.8 Å². The van der Waals surface area contributed by atoms with Crippen molar-refractivity contribution in [1.82, 2.24) is 24.5 Å². The van der Waals surface area contributed by atoms with Crippen LogP contribution in [-0.2, 0) is 19.3 Å². The van der Waals surface area contributed by atoms with Crippen molar-refractivity contribution in [2.24, 2.45) is 12.8 Å². The van der Waals surface area contributed by atoms with Gasteiger partial charge in [0.25, 0.3) is 0 Å². The van der Waals surface area contributed by atoms with Gasteiger partial charge < -0.3 is 10.3 Å². The summed E-state index contributed by atoms with van der Waals surface area (Å²) in [7, 11) is 1.95. The minimum Gasteiger partial charge on any atom is -0.329 e. The number of hydrogen-bond acceptors (Lipinski definition) is 5. The quantitative estimate of drug-likeness (QED) is 0.834. The second kappa shape index (κ2) is 6.06. The largest absolute Gasteiger partial charge is 0.329 e. The van der Waals surface area contributed by atoms with E-state index in [0.29, 0.717) is 6.54 Å². The Balaban J connectivity index is 2.14. The summed E-state index contributed by atoms with van der Waals surface area (Å²) in [5.74, 6) is 1.69. The summed E-state index contributed by atoms with van der Waals surface area (Å²) < 4.78 is 4.99. The molecule has 0 amide bonds. The van der Waals surface area contributed by atoms with Gasteiger partial charge in [0.05, 0.1) is 15.9 Å². The molecule has 0 radical (unpaired) electrons. The lowest BCUT2D eigenvalue weighted by atomic mass is 10.4. The normalized spacial score (nSPS) is 11.2. The van der Waals surface area contributed by atoms with E-state index in [-0.39, 0.29) is 0 Å². The van der Waals surface area contributed by atoms with E-state index in [9.17, 15) is 0 Å². The molecule has 2 rings (SSSR count). The van der Waals surface area contributed by atoms with Crippen molar-refractivity contribution in [1.29, 1.82) is 0 Å². The van der Waals surface area contributed by atoms with Crippen LogP contribution >= 0.6 is 27.7 Å². The van der Waals surface area contributed by atoms with Crippen LogP contribution in [0.4, 0.5) is 0 Å². The van der Waals surface area contributed by atoms with E-state index in [1.54, 1.807) is 11.8 Å². The van der Waals surface area contributed by atoms with Crippen molar-refractivity contribution < 1.29 is 0 Å². The van der Waals surface area contributed by atoms with Gasteiger partial charge in [0.15, 0.2) is 5.16 Å². The Kier molecular flexibility index (Phi) is 4.64. The lowest BCUT2D eigenvalue weighted by Crippen LogP contribution is -2.12. The zero-order valence-electron chi connectivity index (χ0n) is 11.2. The Morgan fingerprint density at radius 3 is 2.63 bits per heavy atom. The summed E-state index contributed by atoms with van der Waals surface area (Å²) >= 11 is 5.22. The molecule has 0 saturated carbocycles. The molecule has 0 fully saturated rings. The van der Waals surface area contributed by atoms with E-state index in [1.165, 1.54) is 0 Å². The first kappa shape index (κ1) is 14.5. The van der Waals surface area contributed by atoms with Crippen molar-refractivity contribution in [3.05, 3.63) is 21.7 Å². The van der Waals surface area contributed by atoms with E-state index in [4.69, 9.17) is 5.73 Å². The van der Waals surface area contributed by atoms with E-state index in [0.717, 1.165) is 39.1 Å². The van der Waals surface area contributed by atoms with Crippen molar-refractivity contribution in [2.45, 2.75) is 31.3 Å². The molecule has 0 unspecified atom stereocenters. The molecule has 2 heterocycles. The van der Waals surface area contributed by atoms with Crippen LogP contribution in [0.3, 0.4) is 0 Å². The number of halogens is 1. The monoisotopic (exact) mass is 344 g/mol. The van der Waals surface area contributed by atoms with Gasteiger partial charge >= 0.3 is 0 Å². The molecule has 0 spiro atoms. The average molecular weight is 345 g/mol. The second-order valence-electron chi connectivity index (χ2n) is 4.23. The molecule has 6 nitrogen and oxygen atoms in total. The van der Waals surface area contributed by atoms with Gasteiger partial charge in [-0.2, -0.15) is 5.10 Å². The highest BCUT2D eigenvalue weighted by molar-refractivity contribution is 9.10. The lowest BCUT2D eigenvalue weighted by Gasteiger charge is -2.06. The maximum Gasteiger partial charge on any atom is 0.191 e. The molecule has 0 aromatic carbocycles. The lowest BCUT2D eigenvalue weighted by molar-refractivity contribution is 0.627. The van der Waals surface area contributed by atoms with E-state index >= 15 is 0 Å². The van der Waals surface area contributed by atoms with Crippen LogP contribution in [-0.4, -0.2) is 31.1 Å². The van der Waals surface area contributed by atoms with Crippen LogP contribution in [0.25, 0.3) is 0 Å². The number of nitrogens with zero attached hydrogens (tertiary/aromatic N) is 5. The third kappa shape index (κ3) is 3.01. The number of aromatic nitrogens is 5. The molecular weight excluding hydrogens is 328 g/mol. The topological polar surface area (TPSA) is 74.5 Å².